The summed E-state index contributed by atoms with van der Waals surface area (Å²) < 4.78 is 2.56. The Balaban J connectivity index is 1.82. The minimum absolute atomic E-state index is 0.0733. The molecule has 132 valence electrons. The van der Waals surface area contributed by atoms with Crippen LogP contribution in [0.25, 0.3) is 0 Å². The van der Waals surface area contributed by atoms with E-state index in [1.54, 1.807) is 16.9 Å². The van der Waals surface area contributed by atoms with Crippen molar-refractivity contribution < 1.29 is 9.72 Å². The number of hydrogen-bond donors (Lipinski definition) is 1. The Morgan fingerprint density at radius 1 is 1.23 bits per heavy atom. The van der Waals surface area contributed by atoms with E-state index in [-0.39, 0.29) is 16.3 Å². The summed E-state index contributed by atoms with van der Waals surface area (Å²) >= 11 is 9.16. The molecule has 0 saturated carbocycles. The van der Waals surface area contributed by atoms with Crippen molar-refractivity contribution in [1.82, 2.24) is 9.78 Å². The lowest BCUT2D eigenvalue weighted by Gasteiger charge is -2.10. The lowest BCUT2D eigenvalue weighted by molar-refractivity contribution is -0.385. The molecule has 2 aromatic carbocycles. The molecule has 0 bridgehead atoms. The molecule has 0 aliphatic heterocycles. The number of nitro groups is 1. The summed E-state index contributed by atoms with van der Waals surface area (Å²) in [7, 11) is 0. The number of anilines is 1. The zero-order valence-electron chi connectivity index (χ0n) is 13.2. The van der Waals surface area contributed by atoms with Gasteiger partial charge in [0.05, 0.1) is 17.7 Å². The Labute approximate surface area is 161 Å². The van der Waals surface area contributed by atoms with Crippen molar-refractivity contribution in [2.24, 2.45) is 0 Å². The topological polar surface area (TPSA) is 90.1 Å². The first kappa shape index (κ1) is 18.1. The number of nitrogens with one attached hydrogen (secondary N) is 1. The number of amides is 1. The van der Waals surface area contributed by atoms with Crippen LogP contribution in [0, 0.1) is 10.1 Å². The Morgan fingerprint density at radius 2 is 1.96 bits per heavy atom. The van der Waals surface area contributed by atoms with Crippen LogP contribution in [-0.2, 0) is 6.54 Å². The van der Waals surface area contributed by atoms with Gasteiger partial charge in [0.25, 0.3) is 11.6 Å². The quantitative estimate of drug-likeness (QED) is 0.472. The van der Waals surface area contributed by atoms with E-state index in [1.165, 1.54) is 12.1 Å². The average molecular weight is 436 g/mol. The number of aromatic nitrogens is 2. The second kappa shape index (κ2) is 7.67. The molecule has 1 heterocycles. The summed E-state index contributed by atoms with van der Waals surface area (Å²) in [5.74, 6) is -0.173. The molecule has 0 aliphatic rings. The molecule has 3 rings (SSSR count). The number of hydrogen-bond acceptors (Lipinski definition) is 4. The molecular weight excluding hydrogens is 424 g/mol. The van der Waals surface area contributed by atoms with Gasteiger partial charge in [-0.3, -0.25) is 14.9 Å². The van der Waals surface area contributed by atoms with Crippen LogP contribution in [0.15, 0.2) is 59.2 Å². The molecule has 0 aliphatic carbocycles. The Kier molecular flexibility index (Phi) is 5.34. The van der Waals surface area contributed by atoms with Gasteiger partial charge in [-0.15, -0.1) is 0 Å². The van der Waals surface area contributed by atoms with E-state index in [1.807, 2.05) is 24.3 Å². The minimum Gasteiger partial charge on any atom is -0.307 e. The van der Waals surface area contributed by atoms with E-state index in [2.05, 4.69) is 26.3 Å². The fourth-order valence-electron chi connectivity index (χ4n) is 2.36. The molecule has 0 fully saturated rings. The number of nitro benzene ring substituents is 1. The summed E-state index contributed by atoms with van der Waals surface area (Å²) in [6.45, 7) is 0.443. The van der Waals surface area contributed by atoms with Crippen LogP contribution in [0.5, 0.6) is 0 Å². The van der Waals surface area contributed by atoms with Gasteiger partial charge in [0.1, 0.15) is 11.4 Å². The van der Waals surface area contributed by atoms with Crippen LogP contribution < -0.4 is 5.32 Å². The lowest BCUT2D eigenvalue weighted by atomic mass is 10.1. The SMILES string of the molecule is O=C(Nc1ccnn1Cc1ccc(Br)cc1)c1ccc(Cl)cc1[N+](=O)[O-]. The molecule has 0 atom stereocenters. The normalized spacial score (nSPS) is 10.5. The molecule has 0 saturated heterocycles. The van der Waals surface area contributed by atoms with Crippen LogP contribution >= 0.6 is 27.5 Å². The van der Waals surface area contributed by atoms with Crippen LogP contribution in [0.4, 0.5) is 11.5 Å². The summed E-state index contributed by atoms with van der Waals surface area (Å²) in [5, 5.41) is 18.2. The zero-order valence-corrected chi connectivity index (χ0v) is 15.6. The maximum Gasteiger partial charge on any atom is 0.283 e. The molecule has 7 nitrogen and oxygen atoms in total. The van der Waals surface area contributed by atoms with Crippen molar-refractivity contribution in [3.63, 3.8) is 0 Å². The second-order valence-electron chi connectivity index (χ2n) is 5.37. The van der Waals surface area contributed by atoms with Crippen molar-refractivity contribution in [3.05, 3.63) is 85.5 Å². The van der Waals surface area contributed by atoms with Gasteiger partial charge in [-0.05, 0) is 29.8 Å². The highest BCUT2D eigenvalue weighted by molar-refractivity contribution is 9.10. The molecule has 0 radical (unpaired) electrons. The van der Waals surface area contributed by atoms with E-state index in [0.29, 0.717) is 12.4 Å². The van der Waals surface area contributed by atoms with E-state index in [4.69, 9.17) is 11.6 Å². The van der Waals surface area contributed by atoms with Crippen LogP contribution in [-0.4, -0.2) is 20.6 Å². The predicted molar refractivity (Wildman–Crippen MR) is 102 cm³/mol. The predicted octanol–water partition coefficient (Wildman–Crippen LogP) is 4.51. The van der Waals surface area contributed by atoms with Crippen molar-refractivity contribution >= 4 is 44.9 Å². The van der Waals surface area contributed by atoms with Gasteiger partial charge in [-0.1, -0.05) is 39.7 Å². The highest BCUT2D eigenvalue weighted by Gasteiger charge is 2.21. The number of halogens is 2. The van der Waals surface area contributed by atoms with Crippen LogP contribution in [0.1, 0.15) is 15.9 Å². The summed E-state index contributed by atoms with van der Waals surface area (Å²) in [5.41, 5.74) is 0.564. The number of carbonyl (C=O) groups excluding carboxylic acids is 1. The third kappa shape index (κ3) is 4.09. The van der Waals surface area contributed by atoms with E-state index < -0.39 is 10.8 Å². The molecule has 1 amide bonds. The van der Waals surface area contributed by atoms with Crippen molar-refractivity contribution in [1.29, 1.82) is 0 Å². The van der Waals surface area contributed by atoms with Gasteiger partial charge in [0.15, 0.2) is 0 Å². The Bertz CT molecular complexity index is 972. The van der Waals surface area contributed by atoms with Gasteiger partial charge >= 0.3 is 0 Å². The Morgan fingerprint density at radius 3 is 2.65 bits per heavy atom. The van der Waals surface area contributed by atoms with Gasteiger partial charge in [0.2, 0.25) is 0 Å². The monoisotopic (exact) mass is 434 g/mol. The molecule has 3 aromatic rings. The first-order valence-corrected chi connectivity index (χ1v) is 8.62. The number of benzene rings is 2. The summed E-state index contributed by atoms with van der Waals surface area (Å²) in [4.78, 5) is 23.0. The minimum atomic E-state index is -0.639. The van der Waals surface area contributed by atoms with Crippen molar-refractivity contribution in [2.45, 2.75) is 6.54 Å². The van der Waals surface area contributed by atoms with Crippen molar-refractivity contribution in [2.75, 3.05) is 5.32 Å². The third-order valence-corrected chi connectivity index (χ3v) is 4.37. The largest absolute Gasteiger partial charge is 0.307 e. The Hall–Kier alpha value is -2.71. The van der Waals surface area contributed by atoms with Crippen LogP contribution in [0.3, 0.4) is 0 Å². The fraction of sp³-hybridized carbons (Fsp3) is 0.0588. The highest BCUT2D eigenvalue weighted by Crippen LogP contribution is 2.24. The molecule has 26 heavy (non-hydrogen) atoms. The number of nitrogens with zero attached hydrogens (tertiary/aromatic N) is 3. The molecule has 0 spiro atoms. The first-order valence-electron chi connectivity index (χ1n) is 7.45. The first-order chi connectivity index (χ1) is 12.4. The third-order valence-electron chi connectivity index (χ3n) is 3.60. The molecule has 1 N–H and O–H groups in total. The number of rotatable bonds is 5. The van der Waals surface area contributed by atoms with E-state index in [0.717, 1.165) is 16.1 Å². The standard InChI is InChI=1S/C17H12BrClN4O3/c18-12-3-1-11(2-4-12)10-22-16(7-8-20-22)21-17(24)14-6-5-13(19)9-15(14)23(25)26/h1-9H,10H2,(H,21,24). The van der Waals surface area contributed by atoms with E-state index >= 15 is 0 Å². The smallest absolute Gasteiger partial charge is 0.283 e. The summed E-state index contributed by atoms with van der Waals surface area (Å²) in [6.07, 6.45) is 1.55. The zero-order chi connectivity index (χ0) is 18.7. The van der Waals surface area contributed by atoms with Gasteiger partial charge < -0.3 is 5.32 Å². The maximum atomic E-state index is 12.5. The number of carbonyl (C=O) groups is 1. The summed E-state index contributed by atoms with van der Waals surface area (Å²) in [6, 6.07) is 13.2. The van der Waals surface area contributed by atoms with Gasteiger partial charge in [0, 0.05) is 21.6 Å². The maximum absolute atomic E-state index is 12.5. The van der Waals surface area contributed by atoms with Gasteiger partial charge in [-0.2, -0.15) is 5.10 Å². The second-order valence-corrected chi connectivity index (χ2v) is 6.73. The highest BCUT2D eigenvalue weighted by atomic mass is 79.9. The van der Waals surface area contributed by atoms with Crippen LogP contribution in [0.2, 0.25) is 5.02 Å². The molecule has 9 heteroatoms. The molecule has 0 unspecified atom stereocenters. The molecular formula is C17H12BrClN4O3. The van der Waals surface area contributed by atoms with E-state index in [9.17, 15) is 14.9 Å². The van der Waals surface area contributed by atoms with Gasteiger partial charge in [-0.25, -0.2) is 4.68 Å². The lowest BCUT2D eigenvalue weighted by Crippen LogP contribution is -2.17. The average Bonchev–Trinajstić information content (AvgIpc) is 3.03. The fourth-order valence-corrected chi connectivity index (χ4v) is 2.79. The molecule has 1 aromatic heterocycles. The van der Waals surface area contributed by atoms with Crippen molar-refractivity contribution in [3.8, 4) is 0 Å².